The molecule has 19 heteroatoms. The first kappa shape index (κ1) is 24.9. The maximum absolute atomic E-state index is 12.0. The van der Waals surface area contributed by atoms with Gasteiger partial charge in [-0.25, -0.2) is 23.2 Å². The Morgan fingerprint density at radius 3 is 2.56 bits per heavy atom. The molecule has 176 valence electrons. The van der Waals surface area contributed by atoms with E-state index in [0.717, 1.165) is 0 Å². The number of rotatable bonds is 8. The third-order valence-corrected chi connectivity index (χ3v) is 8.05. The molecule has 1 aliphatic heterocycles. The number of anilines is 1. The predicted molar refractivity (Wildman–Crippen MR) is 103 cm³/mol. The number of fused-ring (bicyclic) bond motifs is 1. The quantitative estimate of drug-likeness (QED) is 0.198. The summed E-state index contributed by atoms with van der Waals surface area (Å²) in [6.07, 6.45) is 4.23. The van der Waals surface area contributed by atoms with Crippen LogP contribution in [0.25, 0.3) is 5.52 Å². The molecule has 5 atom stereocenters. The SMILES string of the molecule is C#C[C@]1(COP(=O)(O)OP(=O)(O)OP(=O)(O)O)O[C@@H](c2ccc3c(N)ncnn23)C[C@@H]1O. The molecule has 2 aromatic heterocycles. The van der Waals surface area contributed by atoms with Crippen LogP contribution in [0.1, 0.15) is 18.2 Å². The molecule has 0 amide bonds. The van der Waals surface area contributed by atoms with E-state index in [2.05, 4.69) is 29.1 Å². The lowest BCUT2D eigenvalue weighted by molar-refractivity contribution is -0.0715. The molecule has 1 fully saturated rings. The van der Waals surface area contributed by atoms with Crippen molar-refractivity contribution in [1.29, 1.82) is 0 Å². The molecular formula is C13H17N4O12P3. The average Bonchev–Trinajstić information content (AvgIpc) is 3.19. The van der Waals surface area contributed by atoms with Crippen LogP contribution in [0, 0.1) is 12.3 Å². The number of aliphatic hydroxyl groups is 1. The van der Waals surface area contributed by atoms with Gasteiger partial charge >= 0.3 is 23.5 Å². The summed E-state index contributed by atoms with van der Waals surface area (Å²) in [7, 11) is -16.7. The highest BCUT2D eigenvalue weighted by Crippen LogP contribution is 2.66. The van der Waals surface area contributed by atoms with Gasteiger partial charge in [-0.15, -0.1) is 6.42 Å². The zero-order valence-electron chi connectivity index (χ0n) is 15.7. The van der Waals surface area contributed by atoms with Crippen molar-refractivity contribution in [2.45, 2.75) is 24.2 Å². The third kappa shape index (κ3) is 5.44. The minimum Gasteiger partial charge on any atom is -0.389 e. The monoisotopic (exact) mass is 514 g/mol. The van der Waals surface area contributed by atoms with Gasteiger partial charge in [0.25, 0.3) is 0 Å². The van der Waals surface area contributed by atoms with E-state index in [1.54, 1.807) is 12.1 Å². The van der Waals surface area contributed by atoms with Crippen LogP contribution < -0.4 is 5.73 Å². The second-order valence-electron chi connectivity index (χ2n) is 6.46. The molecule has 2 unspecified atom stereocenters. The van der Waals surface area contributed by atoms with Crippen molar-refractivity contribution in [3.05, 3.63) is 24.2 Å². The smallest absolute Gasteiger partial charge is 0.389 e. The molecule has 7 N–H and O–H groups in total. The van der Waals surface area contributed by atoms with E-state index in [-0.39, 0.29) is 12.2 Å². The number of hydrogen-bond donors (Lipinski definition) is 6. The van der Waals surface area contributed by atoms with Gasteiger partial charge in [-0.3, -0.25) is 4.52 Å². The summed E-state index contributed by atoms with van der Waals surface area (Å²) in [6, 6.07) is 3.19. The van der Waals surface area contributed by atoms with Gasteiger partial charge in [-0.2, -0.15) is 13.7 Å². The topological polar surface area (TPSA) is 245 Å². The van der Waals surface area contributed by atoms with Crippen LogP contribution in [0.3, 0.4) is 0 Å². The lowest BCUT2D eigenvalue weighted by Gasteiger charge is -2.27. The van der Waals surface area contributed by atoms with E-state index in [9.17, 15) is 28.6 Å². The van der Waals surface area contributed by atoms with Gasteiger partial charge in [-0.1, -0.05) is 5.92 Å². The number of phosphoric acid groups is 3. The molecule has 0 spiro atoms. The van der Waals surface area contributed by atoms with Crippen molar-refractivity contribution >= 4 is 34.8 Å². The zero-order chi connectivity index (χ0) is 23.9. The fourth-order valence-electron chi connectivity index (χ4n) is 2.95. The van der Waals surface area contributed by atoms with Crippen LogP contribution >= 0.6 is 23.5 Å². The number of nitrogens with zero attached hydrogens (tertiary/aromatic N) is 3. The van der Waals surface area contributed by atoms with Crippen molar-refractivity contribution < 1.29 is 56.3 Å². The second-order valence-corrected chi connectivity index (χ2v) is 10.9. The fraction of sp³-hybridized carbons (Fsp3) is 0.385. The van der Waals surface area contributed by atoms with Gasteiger partial charge in [0.2, 0.25) is 0 Å². The van der Waals surface area contributed by atoms with Crippen LogP contribution in [-0.4, -0.2) is 57.6 Å². The Balaban J connectivity index is 1.76. The molecule has 1 saturated heterocycles. The average molecular weight is 514 g/mol. The maximum atomic E-state index is 12.0. The first-order valence-electron chi connectivity index (χ1n) is 8.37. The summed E-state index contributed by atoms with van der Waals surface area (Å²) in [4.78, 5) is 39.8. The second kappa shape index (κ2) is 8.58. The lowest BCUT2D eigenvalue weighted by atomic mass is 9.98. The molecule has 2 aromatic rings. The van der Waals surface area contributed by atoms with Gasteiger partial charge < -0.3 is 35.2 Å². The minimum atomic E-state index is -5.71. The van der Waals surface area contributed by atoms with E-state index < -0.39 is 47.9 Å². The van der Waals surface area contributed by atoms with E-state index in [0.29, 0.717) is 11.2 Å². The summed E-state index contributed by atoms with van der Waals surface area (Å²) < 4.78 is 53.0. The van der Waals surface area contributed by atoms with Crippen molar-refractivity contribution in [2.75, 3.05) is 12.3 Å². The molecule has 16 nitrogen and oxygen atoms in total. The Kier molecular flexibility index (Phi) is 6.69. The van der Waals surface area contributed by atoms with Crippen molar-refractivity contribution in [2.24, 2.45) is 0 Å². The summed E-state index contributed by atoms with van der Waals surface area (Å²) in [5.74, 6) is 2.29. The summed E-state index contributed by atoms with van der Waals surface area (Å²) in [5, 5.41) is 14.5. The first-order chi connectivity index (χ1) is 14.7. The molecule has 0 saturated carbocycles. The molecule has 0 radical (unpaired) electrons. The van der Waals surface area contributed by atoms with Gasteiger partial charge in [0.1, 0.15) is 24.6 Å². The highest BCUT2D eigenvalue weighted by Gasteiger charge is 2.51. The maximum Gasteiger partial charge on any atom is 0.490 e. The summed E-state index contributed by atoms with van der Waals surface area (Å²) in [6.45, 7) is -1.01. The number of nitrogen functional groups attached to an aromatic ring is 1. The number of terminal acetylenes is 1. The van der Waals surface area contributed by atoms with Crippen molar-refractivity contribution in [3.63, 3.8) is 0 Å². The molecule has 1 aliphatic rings. The first-order valence-corrected chi connectivity index (χ1v) is 12.9. The number of phosphoric ester groups is 1. The van der Waals surface area contributed by atoms with E-state index in [4.69, 9.17) is 26.7 Å². The highest BCUT2D eigenvalue weighted by atomic mass is 31.3. The Morgan fingerprint density at radius 2 is 1.94 bits per heavy atom. The highest BCUT2D eigenvalue weighted by molar-refractivity contribution is 7.66. The Hall–Kier alpha value is -1.69. The van der Waals surface area contributed by atoms with Gasteiger partial charge in [0.05, 0.1) is 11.8 Å². The van der Waals surface area contributed by atoms with E-state index >= 15 is 0 Å². The summed E-state index contributed by atoms with van der Waals surface area (Å²) in [5.41, 5.74) is 4.64. The number of hydrogen-bond acceptors (Lipinski definition) is 11. The van der Waals surface area contributed by atoms with Crippen molar-refractivity contribution in [3.8, 4) is 12.3 Å². The van der Waals surface area contributed by atoms with Crippen LogP contribution in [-0.2, 0) is 31.6 Å². The third-order valence-electron chi connectivity index (χ3n) is 4.27. The van der Waals surface area contributed by atoms with Crippen LogP contribution in [0.5, 0.6) is 0 Å². The van der Waals surface area contributed by atoms with Crippen molar-refractivity contribution in [1.82, 2.24) is 14.6 Å². The molecule has 0 aliphatic carbocycles. The standard InChI is InChI=1S/C13H17N4O12P3/c1-2-13(6-26-31(22,23)29-32(24,25)28-30(19,20)21)11(18)5-10(27-13)8-3-4-9-12(14)15-7-16-17(8)9/h1,3-4,7,10-11,18H,5-6H2,(H,22,23)(H,24,25)(H2,14,15,16)(H2,19,20,21)/t10-,11+,13-/m1/s1. The van der Waals surface area contributed by atoms with Gasteiger partial charge in [0.15, 0.2) is 11.4 Å². The van der Waals surface area contributed by atoms with E-state index in [1.807, 2.05) is 0 Å². The molecule has 32 heavy (non-hydrogen) atoms. The van der Waals surface area contributed by atoms with Crippen LogP contribution in [0.15, 0.2) is 18.5 Å². The minimum absolute atomic E-state index is 0.0972. The number of nitrogens with two attached hydrogens (primary N) is 1. The Morgan fingerprint density at radius 1 is 1.25 bits per heavy atom. The molecular weight excluding hydrogens is 497 g/mol. The lowest BCUT2D eigenvalue weighted by Crippen LogP contribution is -2.42. The normalized spacial score (nSPS) is 27.6. The number of ether oxygens (including phenoxy) is 1. The molecule has 3 rings (SSSR count). The predicted octanol–water partition coefficient (Wildman–Crippen LogP) is -0.151. The molecule has 3 heterocycles. The van der Waals surface area contributed by atoms with Crippen LogP contribution in [0.2, 0.25) is 0 Å². The van der Waals surface area contributed by atoms with Gasteiger partial charge in [-0.05, 0) is 12.1 Å². The number of aromatic nitrogens is 3. The van der Waals surface area contributed by atoms with Crippen LogP contribution in [0.4, 0.5) is 5.82 Å². The molecule has 0 bridgehead atoms. The zero-order valence-corrected chi connectivity index (χ0v) is 18.4. The summed E-state index contributed by atoms with van der Waals surface area (Å²) >= 11 is 0. The Labute approximate surface area is 179 Å². The van der Waals surface area contributed by atoms with Gasteiger partial charge in [0, 0.05) is 6.42 Å². The van der Waals surface area contributed by atoms with E-state index in [1.165, 1.54) is 10.8 Å². The molecule has 0 aromatic carbocycles. The largest absolute Gasteiger partial charge is 0.490 e. The fourth-order valence-corrected chi connectivity index (χ4v) is 6.00. The number of aliphatic hydroxyl groups excluding tert-OH is 1. The Bertz CT molecular complexity index is 1210.